The molecule has 0 aliphatic carbocycles. The lowest BCUT2D eigenvalue weighted by Crippen LogP contribution is -2.26. The Morgan fingerprint density at radius 3 is 2.67 bits per heavy atom. The van der Waals surface area contributed by atoms with E-state index in [4.69, 9.17) is 4.42 Å². The van der Waals surface area contributed by atoms with Gasteiger partial charge in [-0.1, -0.05) is 49.1 Å². The van der Waals surface area contributed by atoms with Crippen molar-refractivity contribution in [1.29, 1.82) is 0 Å². The van der Waals surface area contributed by atoms with Crippen LogP contribution >= 0.6 is 11.8 Å². The zero-order valence-electron chi connectivity index (χ0n) is 16.0. The van der Waals surface area contributed by atoms with Gasteiger partial charge in [0.25, 0.3) is 0 Å². The summed E-state index contributed by atoms with van der Waals surface area (Å²) in [4.78, 5) is 16.5. The highest BCUT2D eigenvalue weighted by atomic mass is 32.2. The predicted octanol–water partition coefficient (Wildman–Crippen LogP) is 5.00. The number of rotatable bonds is 10. The Hall–Kier alpha value is -2.53. The highest BCUT2D eigenvalue weighted by Gasteiger charge is 2.12. The Morgan fingerprint density at radius 2 is 2.00 bits per heavy atom. The van der Waals surface area contributed by atoms with Crippen LogP contribution in [-0.4, -0.2) is 23.2 Å². The van der Waals surface area contributed by atoms with Crippen LogP contribution < -0.4 is 5.32 Å². The minimum Gasteiger partial charge on any atom is -0.441 e. The van der Waals surface area contributed by atoms with Crippen LogP contribution in [0, 0.1) is 13.8 Å². The maximum Gasteiger partial charge on any atom is 0.230 e. The molecular weight excluding hydrogens is 356 g/mol. The normalized spacial score (nSPS) is 11.3. The van der Waals surface area contributed by atoms with Crippen LogP contribution in [-0.2, 0) is 10.5 Å². The quantitative estimate of drug-likeness (QED) is 0.588. The molecule has 0 radical (unpaired) electrons. The number of allylic oxidation sites excluding steroid dienone is 3. The molecule has 2 aromatic rings. The summed E-state index contributed by atoms with van der Waals surface area (Å²) in [6, 6.07) is 8.08. The van der Waals surface area contributed by atoms with Crippen molar-refractivity contribution in [3.8, 4) is 11.5 Å². The van der Waals surface area contributed by atoms with E-state index in [9.17, 15) is 4.79 Å². The van der Waals surface area contributed by atoms with E-state index in [-0.39, 0.29) is 5.91 Å². The first kappa shape index (κ1) is 20.8. The summed E-state index contributed by atoms with van der Waals surface area (Å²) in [6.07, 6.45) is 6.14. The molecule has 0 aliphatic rings. The minimum absolute atomic E-state index is 0.0157. The third-order valence-electron chi connectivity index (χ3n) is 3.99. The number of amides is 1. The molecule has 0 atom stereocenters. The van der Waals surface area contributed by atoms with Crippen LogP contribution in [0.5, 0.6) is 0 Å². The first-order valence-electron chi connectivity index (χ1n) is 8.85. The molecule has 1 aromatic carbocycles. The van der Waals surface area contributed by atoms with Crippen molar-refractivity contribution in [2.45, 2.75) is 26.0 Å². The van der Waals surface area contributed by atoms with Gasteiger partial charge in [0.2, 0.25) is 11.8 Å². The predicted molar refractivity (Wildman–Crippen MR) is 114 cm³/mol. The Balaban J connectivity index is 1.79. The number of carbonyl (C=O) groups is 1. The fraction of sp³-hybridized carbons (Fsp3) is 0.273. The molecule has 0 saturated heterocycles. The number of oxazole rings is 1. The Morgan fingerprint density at radius 1 is 1.26 bits per heavy atom. The third-order valence-corrected chi connectivity index (χ3v) is 4.94. The van der Waals surface area contributed by atoms with Crippen molar-refractivity contribution in [2.75, 3.05) is 12.3 Å². The largest absolute Gasteiger partial charge is 0.441 e. The van der Waals surface area contributed by atoms with Crippen LogP contribution in [0.15, 0.2) is 65.6 Å². The Kier molecular flexibility index (Phi) is 8.14. The van der Waals surface area contributed by atoms with Crippen molar-refractivity contribution >= 4 is 17.7 Å². The summed E-state index contributed by atoms with van der Waals surface area (Å²) in [7, 11) is 0. The van der Waals surface area contributed by atoms with Gasteiger partial charge in [0, 0.05) is 17.9 Å². The van der Waals surface area contributed by atoms with Crippen molar-refractivity contribution in [3.05, 3.63) is 78.2 Å². The molecule has 1 heterocycles. The van der Waals surface area contributed by atoms with E-state index in [1.165, 1.54) is 17.3 Å². The lowest BCUT2D eigenvalue weighted by Gasteiger charge is -2.05. The Labute approximate surface area is 165 Å². The number of nitrogens with zero attached hydrogens (tertiary/aromatic N) is 1. The van der Waals surface area contributed by atoms with Crippen molar-refractivity contribution in [1.82, 2.24) is 10.3 Å². The number of aryl methyl sites for hydroxylation is 2. The first-order valence-corrected chi connectivity index (χ1v) is 10.0. The van der Waals surface area contributed by atoms with Gasteiger partial charge in [0.1, 0.15) is 5.76 Å². The summed E-state index contributed by atoms with van der Waals surface area (Å²) >= 11 is 1.53. The van der Waals surface area contributed by atoms with Crippen LogP contribution in [0.2, 0.25) is 0 Å². The molecule has 1 amide bonds. The zero-order valence-corrected chi connectivity index (χ0v) is 16.8. The summed E-state index contributed by atoms with van der Waals surface area (Å²) in [5, 5.41) is 2.92. The highest BCUT2D eigenvalue weighted by Crippen LogP contribution is 2.24. The molecule has 27 heavy (non-hydrogen) atoms. The van der Waals surface area contributed by atoms with Crippen LogP contribution in [0.3, 0.4) is 0 Å². The van der Waals surface area contributed by atoms with Gasteiger partial charge in [-0.25, -0.2) is 4.98 Å². The molecular formula is C22H26N2O2S. The van der Waals surface area contributed by atoms with Gasteiger partial charge in [-0.05, 0) is 38.0 Å². The van der Waals surface area contributed by atoms with Gasteiger partial charge >= 0.3 is 0 Å². The van der Waals surface area contributed by atoms with Crippen molar-refractivity contribution in [2.24, 2.45) is 0 Å². The van der Waals surface area contributed by atoms with Crippen molar-refractivity contribution < 1.29 is 9.21 Å². The SMILES string of the molecule is C=C/C=C(\C=C)CCNC(=O)CSCc1nc(-c2ccc(C)cc2)oc1C. The lowest BCUT2D eigenvalue weighted by molar-refractivity contribution is -0.118. The smallest absolute Gasteiger partial charge is 0.230 e. The number of aromatic nitrogens is 1. The number of benzene rings is 1. The zero-order chi connectivity index (χ0) is 19.6. The molecule has 0 spiro atoms. The number of hydrogen-bond donors (Lipinski definition) is 1. The van der Waals surface area contributed by atoms with E-state index in [0.717, 1.165) is 29.0 Å². The molecule has 5 heteroatoms. The topological polar surface area (TPSA) is 55.1 Å². The highest BCUT2D eigenvalue weighted by molar-refractivity contribution is 7.99. The third kappa shape index (κ3) is 6.61. The van der Waals surface area contributed by atoms with E-state index in [1.54, 1.807) is 12.2 Å². The molecule has 1 N–H and O–H groups in total. The maximum atomic E-state index is 12.0. The summed E-state index contributed by atoms with van der Waals surface area (Å²) in [6.45, 7) is 12.0. The second-order valence-electron chi connectivity index (χ2n) is 6.16. The molecule has 0 fully saturated rings. The molecule has 0 unspecified atom stereocenters. The van der Waals surface area contributed by atoms with E-state index in [2.05, 4.69) is 23.5 Å². The van der Waals surface area contributed by atoms with E-state index in [0.29, 0.717) is 23.9 Å². The standard InChI is InChI=1S/C22H26N2O2S/c1-5-7-18(6-2)12-13-23-21(25)15-27-14-20-17(4)26-22(24-20)19-10-8-16(3)9-11-19/h5-11H,1-2,12-15H2,3-4H3,(H,23,25)/b18-7+. The lowest BCUT2D eigenvalue weighted by atomic mass is 10.1. The van der Waals surface area contributed by atoms with Gasteiger partial charge in [0.15, 0.2) is 0 Å². The van der Waals surface area contributed by atoms with Crippen molar-refractivity contribution in [3.63, 3.8) is 0 Å². The molecule has 0 bridgehead atoms. The molecule has 2 rings (SSSR count). The number of hydrogen-bond acceptors (Lipinski definition) is 4. The second kappa shape index (κ2) is 10.6. The summed E-state index contributed by atoms with van der Waals surface area (Å²) in [5.41, 5.74) is 4.10. The minimum atomic E-state index is 0.0157. The Bertz CT molecular complexity index is 819. The van der Waals surface area contributed by atoms with E-state index >= 15 is 0 Å². The van der Waals surface area contributed by atoms with E-state index in [1.807, 2.05) is 44.2 Å². The summed E-state index contributed by atoms with van der Waals surface area (Å²) < 4.78 is 5.78. The monoisotopic (exact) mass is 382 g/mol. The van der Waals surface area contributed by atoms with Gasteiger partial charge < -0.3 is 9.73 Å². The van der Waals surface area contributed by atoms with Crippen LogP contribution in [0.1, 0.15) is 23.4 Å². The average molecular weight is 383 g/mol. The molecule has 0 saturated carbocycles. The first-order chi connectivity index (χ1) is 13.0. The summed E-state index contributed by atoms with van der Waals surface area (Å²) in [5.74, 6) is 2.47. The molecule has 4 nitrogen and oxygen atoms in total. The van der Waals surface area contributed by atoms with Gasteiger partial charge in [0.05, 0.1) is 11.4 Å². The maximum absolute atomic E-state index is 12.0. The van der Waals surface area contributed by atoms with E-state index < -0.39 is 0 Å². The van der Waals surface area contributed by atoms with Gasteiger partial charge in [-0.3, -0.25) is 4.79 Å². The van der Waals surface area contributed by atoms with Crippen LogP contribution in [0.4, 0.5) is 0 Å². The van der Waals surface area contributed by atoms with Gasteiger partial charge in [-0.15, -0.1) is 11.8 Å². The fourth-order valence-corrected chi connectivity index (χ4v) is 3.27. The second-order valence-corrected chi connectivity index (χ2v) is 7.15. The fourth-order valence-electron chi connectivity index (χ4n) is 2.42. The number of nitrogens with one attached hydrogen (secondary N) is 1. The molecule has 1 aromatic heterocycles. The molecule has 142 valence electrons. The number of carbonyl (C=O) groups excluding carboxylic acids is 1. The molecule has 0 aliphatic heterocycles. The number of thioether (sulfide) groups is 1. The average Bonchev–Trinajstić information content (AvgIpc) is 3.02. The van der Waals surface area contributed by atoms with Gasteiger partial charge in [-0.2, -0.15) is 0 Å². The van der Waals surface area contributed by atoms with Crippen LogP contribution in [0.25, 0.3) is 11.5 Å².